The van der Waals surface area contributed by atoms with Crippen molar-refractivity contribution in [3.05, 3.63) is 44.9 Å². The van der Waals surface area contributed by atoms with Crippen LogP contribution >= 0.6 is 0 Å². The molecule has 2 N–H and O–H groups in total. The Morgan fingerprint density at radius 2 is 1.64 bits per heavy atom. The van der Waals surface area contributed by atoms with E-state index >= 15 is 0 Å². The Kier molecular flexibility index (Phi) is 5.49. The molecule has 136 valence electrons. The molecular formula is C18H25N3O3S. The maximum atomic E-state index is 12.9. The van der Waals surface area contributed by atoms with Crippen LogP contribution in [0.5, 0.6) is 0 Å². The smallest absolute Gasteiger partial charge is 0.275 e. The molecule has 1 aromatic heterocycles. The van der Waals surface area contributed by atoms with Crippen LogP contribution in [0.1, 0.15) is 36.2 Å². The second-order valence-corrected chi connectivity index (χ2v) is 8.14. The van der Waals surface area contributed by atoms with Crippen molar-refractivity contribution in [1.29, 1.82) is 0 Å². The zero-order valence-corrected chi connectivity index (χ0v) is 16.2. The number of aromatic nitrogens is 2. The SMILES string of the molecule is CCc1cc(CN)cc(CC)c1-c1c(S(C)(=O)=O)c(C)nn(C)c1=O. The third-order valence-corrected chi connectivity index (χ3v) is 5.58. The van der Waals surface area contributed by atoms with Gasteiger partial charge >= 0.3 is 0 Å². The Morgan fingerprint density at radius 3 is 2.04 bits per heavy atom. The summed E-state index contributed by atoms with van der Waals surface area (Å²) in [6.45, 7) is 5.98. The van der Waals surface area contributed by atoms with Crippen molar-refractivity contribution in [2.24, 2.45) is 12.8 Å². The summed E-state index contributed by atoms with van der Waals surface area (Å²) in [4.78, 5) is 12.9. The normalized spacial score (nSPS) is 11.8. The predicted octanol–water partition coefficient (Wildman–Crippen LogP) is 1.74. The van der Waals surface area contributed by atoms with E-state index < -0.39 is 15.4 Å². The van der Waals surface area contributed by atoms with E-state index in [0.717, 1.165) is 22.9 Å². The molecular weight excluding hydrogens is 338 g/mol. The van der Waals surface area contributed by atoms with Gasteiger partial charge in [0.05, 0.1) is 11.3 Å². The Labute approximate surface area is 148 Å². The van der Waals surface area contributed by atoms with Crippen molar-refractivity contribution in [1.82, 2.24) is 9.78 Å². The average Bonchev–Trinajstić information content (AvgIpc) is 2.55. The van der Waals surface area contributed by atoms with E-state index in [1.807, 2.05) is 26.0 Å². The molecule has 0 saturated carbocycles. The quantitative estimate of drug-likeness (QED) is 0.873. The first-order valence-corrected chi connectivity index (χ1v) is 10.2. The van der Waals surface area contributed by atoms with Crippen LogP contribution in [-0.2, 0) is 36.3 Å². The van der Waals surface area contributed by atoms with Gasteiger partial charge in [-0.15, -0.1) is 0 Å². The van der Waals surface area contributed by atoms with Gasteiger partial charge in [0.15, 0.2) is 9.84 Å². The average molecular weight is 363 g/mol. The van der Waals surface area contributed by atoms with Gasteiger partial charge in [0.25, 0.3) is 5.56 Å². The summed E-state index contributed by atoms with van der Waals surface area (Å²) in [6.07, 6.45) is 2.46. The van der Waals surface area contributed by atoms with Gasteiger partial charge in [0.1, 0.15) is 4.90 Å². The summed E-state index contributed by atoms with van der Waals surface area (Å²) >= 11 is 0. The van der Waals surface area contributed by atoms with Gasteiger partial charge in [0, 0.05) is 19.8 Å². The van der Waals surface area contributed by atoms with Crippen LogP contribution in [0.15, 0.2) is 21.8 Å². The van der Waals surface area contributed by atoms with Crippen LogP contribution in [0.2, 0.25) is 0 Å². The van der Waals surface area contributed by atoms with E-state index in [1.165, 1.54) is 11.7 Å². The van der Waals surface area contributed by atoms with E-state index in [-0.39, 0.29) is 10.5 Å². The Hall–Kier alpha value is -1.99. The van der Waals surface area contributed by atoms with Crippen LogP contribution in [0.25, 0.3) is 11.1 Å². The minimum atomic E-state index is -3.62. The van der Waals surface area contributed by atoms with Crippen molar-refractivity contribution >= 4 is 9.84 Å². The molecule has 25 heavy (non-hydrogen) atoms. The number of nitrogens with two attached hydrogens (primary N) is 1. The zero-order chi connectivity index (χ0) is 18.9. The maximum Gasteiger partial charge on any atom is 0.275 e. The van der Waals surface area contributed by atoms with Gasteiger partial charge in [-0.1, -0.05) is 26.0 Å². The number of nitrogens with zero attached hydrogens (tertiary/aromatic N) is 2. The highest BCUT2D eigenvalue weighted by Gasteiger charge is 2.26. The van der Waals surface area contributed by atoms with E-state index in [9.17, 15) is 13.2 Å². The second-order valence-electron chi connectivity index (χ2n) is 6.19. The summed E-state index contributed by atoms with van der Waals surface area (Å²) in [7, 11) is -2.08. The molecule has 0 aliphatic rings. The second kappa shape index (κ2) is 7.09. The van der Waals surface area contributed by atoms with Gasteiger partial charge in [-0.25, -0.2) is 13.1 Å². The minimum Gasteiger partial charge on any atom is -0.326 e. The monoisotopic (exact) mass is 363 g/mol. The third kappa shape index (κ3) is 3.52. The fourth-order valence-corrected chi connectivity index (χ4v) is 4.40. The number of sulfone groups is 1. The zero-order valence-electron chi connectivity index (χ0n) is 15.4. The lowest BCUT2D eigenvalue weighted by Gasteiger charge is -2.19. The number of rotatable bonds is 5. The molecule has 0 atom stereocenters. The van der Waals surface area contributed by atoms with Crippen molar-refractivity contribution in [3.8, 4) is 11.1 Å². The topological polar surface area (TPSA) is 95.1 Å². The highest BCUT2D eigenvalue weighted by molar-refractivity contribution is 7.90. The molecule has 0 spiro atoms. The third-order valence-electron chi connectivity index (χ3n) is 4.34. The first-order chi connectivity index (χ1) is 11.6. The molecule has 0 unspecified atom stereocenters. The van der Waals surface area contributed by atoms with Crippen LogP contribution in [0, 0.1) is 6.92 Å². The van der Waals surface area contributed by atoms with Gasteiger partial charge in [-0.3, -0.25) is 4.79 Å². The lowest BCUT2D eigenvalue weighted by Crippen LogP contribution is -2.26. The van der Waals surface area contributed by atoms with Gasteiger partial charge in [-0.2, -0.15) is 5.10 Å². The number of benzene rings is 1. The fourth-order valence-electron chi connectivity index (χ4n) is 3.27. The van der Waals surface area contributed by atoms with Gasteiger partial charge in [-0.05, 0) is 42.0 Å². The molecule has 0 fully saturated rings. The van der Waals surface area contributed by atoms with Crippen molar-refractivity contribution < 1.29 is 8.42 Å². The molecule has 0 saturated heterocycles. The van der Waals surface area contributed by atoms with E-state index in [4.69, 9.17) is 5.73 Å². The Morgan fingerprint density at radius 1 is 1.12 bits per heavy atom. The molecule has 1 heterocycles. The van der Waals surface area contributed by atoms with Crippen molar-refractivity contribution in [2.45, 2.75) is 45.1 Å². The summed E-state index contributed by atoms with van der Waals surface area (Å²) in [5.74, 6) is 0. The first kappa shape index (κ1) is 19.3. The van der Waals surface area contributed by atoms with Crippen LogP contribution in [-0.4, -0.2) is 24.5 Å². The first-order valence-electron chi connectivity index (χ1n) is 8.28. The fraction of sp³-hybridized carbons (Fsp3) is 0.444. The molecule has 1 aromatic carbocycles. The maximum absolute atomic E-state index is 12.9. The largest absolute Gasteiger partial charge is 0.326 e. The van der Waals surface area contributed by atoms with Crippen LogP contribution in [0.3, 0.4) is 0 Å². The minimum absolute atomic E-state index is 0.0144. The molecule has 2 aromatic rings. The van der Waals surface area contributed by atoms with Gasteiger partial charge < -0.3 is 5.73 Å². The predicted molar refractivity (Wildman–Crippen MR) is 99.4 cm³/mol. The standard InChI is InChI=1S/C18H25N3O3S/c1-6-13-8-12(10-19)9-14(7-2)15(13)16-17(25(5,23)24)11(3)20-21(4)18(16)22/h8-9H,6-7,10,19H2,1-5H3. The van der Waals surface area contributed by atoms with E-state index in [0.29, 0.717) is 30.6 Å². The summed E-state index contributed by atoms with van der Waals surface area (Å²) in [5.41, 5.74) is 9.45. The lowest BCUT2D eigenvalue weighted by atomic mass is 9.90. The highest BCUT2D eigenvalue weighted by Crippen LogP contribution is 2.33. The molecule has 0 amide bonds. The van der Waals surface area contributed by atoms with Gasteiger partial charge in [0.2, 0.25) is 0 Å². The molecule has 0 aliphatic heterocycles. The van der Waals surface area contributed by atoms with E-state index in [2.05, 4.69) is 5.10 Å². The van der Waals surface area contributed by atoms with E-state index in [1.54, 1.807) is 6.92 Å². The van der Waals surface area contributed by atoms with Crippen molar-refractivity contribution in [2.75, 3.05) is 6.26 Å². The van der Waals surface area contributed by atoms with Crippen molar-refractivity contribution in [3.63, 3.8) is 0 Å². The molecule has 6 nitrogen and oxygen atoms in total. The Bertz CT molecular complexity index is 951. The summed E-state index contributed by atoms with van der Waals surface area (Å²) in [6, 6.07) is 3.91. The lowest BCUT2D eigenvalue weighted by molar-refractivity contribution is 0.596. The molecule has 2 rings (SSSR count). The van der Waals surface area contributed by atoms with Crippen LogP contribution < -0.4 is 11.3 Å². The highest BCUT2D eigenvalue weighted by atomic mass is 32.2. The number of hydrogen-bond donors (Lipinski definition) is 1. The molecule has 0 bridgehead atoms. The van der Waals surface area contributed by atoms with Crippen LogP contribution in [0.4, 0.5) is 0 Å². The molecule has 0 radical (unpaired) electrons. The number of aryl methyl sites for hydroxylation is 4. The number of hydrogen-bond acceptors (Lipinski definition) is 5. The molecule has 0 aliphatic carbocycles. The summed E-state index contributed by atoms with van der Waals surface area (Å²) in [5, 5.41) is 4.08. The summed E-state index contributed by atoms with van der Waals surface area (Å²) < 4.78 is 26.1. The Balaban J connectivity index is 3.09. The molecule has 7 heteroatoms.